The van der Waals surface area contributed by atoms with Crippen LogP contribution in [0.5, 0.6) is 0 Å². The van der Waals surface area contributed by atoms with Crippen LogP contribution in [0.15, 0.2) is 54.1 Å². The minimum atomic E-state index is -0.275. The molecule has 0 unspecified atom stereocenters. The standard InChI is InChI=1S/C21H24N6O/c1-4-22-18-14(2)9-10-27(21(28)20-24-13-25-26(20)3)19(18)17-11-15-7-5-6-8-16(15)12-23-17/h5-8,11-13,19,22H,4,9-10H2,1-3H3/t19-/m1/s1. The van der Waals surface area contributed by atoms with Gasteiger partial charge in [-0.15, -0.1) is 0 Å². The second-order valence-corrected chi connectivity index (χ2v) is 7.04. The van der Waals surface area contributed by atoms with Gasteiger partial charge < -0.3 is 10.2 Å². The van der Waals surface area contributed by atoms with Crippen LogP contribution in [-0.2, 0) is 7.05 Å². The van der Waals surface area contributed by atoms with Gasteiger partial charge in [0.05, 0.1) is 5.69 Å². The highest BCUT2D eigenvalue weighted by Crippen LogP contribution is 2.35. The van der Waals surface area contributed by atoms with E-state index in [1.807, 2.05) is 29.3 Å². The van der Waals surface area contributed by atoms with E-state index in [1.54, 1.807) is 7.05 Å². The normalized spacial score (nSPS) is 17.2. The third-order valence-corrected chi connectivity index (χ3v) is 5.24. The lowest BCUT2D eigenvalue weighted by Crippen LogP contribution is -2.44. The summed E-state index contributed by atoms with van der Waals surface area (Å²) in [4.78, 5) is 24.0. The Balaban J connectivity index is 1.83. The van der Waals surface area contributed by atoms with E-state index in [-0.39, 0.29) is 11.9 Å². The van der Waals surface area contributed by atoms with Crippen LogP contribution in [0.25, 0.3) is 10.8 Å². The Morgan fingerprint density at radius 1 is 1.25 bits per heavy atom. The monoisotopic (exact) mass is 376 g/mol. The molecule has 28 heavy (non-hydrogen) atoms. The van der Waals surface area contributed by atoms with Gasteiger partial charge >= 0.3 is 0 Å². The molecule has 0 spiro atoms. The number of fused-ring (bicyclic) bond motifs is 1. The molecule has 0 aliphatic carbocycles. The fourth-order valence-corrected chi connectivity index (χ4v) is 3.77. The summed E-state index contributed by atoms with van der Waals surface area (Å²) in [6.45, 7) is 5.58. The Hall–Kier alpha value is -3.22. The number of aromatic nitrogens is 4. The summed E-state index contributed by atoms with van der Waals surface area (Å²) >= 11 is 0. The van der Waals surface area contributed by atoms with Crippen LogP contribution in [0.1, 0.15) is 42.6 Å². The van der Waals surface area contributed by atoms with Gasteiger partial charge in [-0.25, -0.2) is 9.67 Å². The van der Waals surface area contributed by atoms with Crippen LogP contribution in [0.4, 0.5) is 0 Å². The average Bonchev–Trinajstić information content (AvgIpc) is 3.14. The molecule has 7 heteroatoms. The predicted octanol–water partition coefficient (Wildman–Crippen LogP) is 2.83. The van der Waals surface area contributed by atoms with Gasteiger partial charge in [-0.1, -0.05) is 29.8 Å². The Morgan fingerprint density at radius 3 is 2.75 bits per heavy atom. The van der Waals surface area contributed by atoms with Crippen molar-refractivity contribution < 1.29 is 4.79 Å². The molecule has 0 bridgehead atoms. The first-order chi connectivity index (χ1) is 13.6. The van der Waals surface area contributed by atoms with Gasteiger partial charge in [-0.2, -0.15) is 5.10 Å². The van der Waals surface area contributed by atoms with Crippen LogP contribution in [-0.4, -0.2) is 43.6 Å². The number of rotatable bonds is 4. The van der Waals surface area contributed by atoms with Crippen LogP contribution in [0, 0.1) is 0 Å². The Morgan fingerprint density at radius 2 is 2.04 bits per heavy atom. The maximum Gasteiger partial charge on any atom is 0.292 e. The number of nitrogens with one attached hydrogen (secondary N) is 1. The fourth-order valence-electron chi connectivity index (χ4n) is 3.77. The number of nitrogens with zero attached hydrogens (tertiary/aromatic N) is 5. The zero-order chi connectivity index (χ0) is 19.7. The molecule has 0 saturated carbocycles. The molecule has 144 valence electrons. The summed E-state index contributed by atoms with van der Waals surface area (Å²) in [5.41, 5.74) is 3.15. The highest BCUT2D eigenvalue weighted by molar-refractivity contribution is 5.91. The van der Waals surface area contributed by atoms with Crippen molar-refractivity contribution in [2.24, 2.45) is 7.05 Å². The summed E-state index contributed by atoms with van der Waals surface area (Å²) in [6, 6.07) is 9.93. The molecular formula is C21H24N6O. The quantitative estimate of drug-likeness (QED) is 0.758. The van der Waals surface area contributed by atoms with Crippen molar-refractivity contribution in [3.05, 3.63) is 65.6 Å². The number of likely N-dealkylation sites (N-methyl/N-ethyl adjacent to an activating group) is 1. The summed E-state index contributed by atoms with van der Waals surface area (Å²) in [6.07, 6.45) is 4.10. The zero-order valence-corrected chi connectivity index (χ0v) is 16.4. The molecule has 7 nitrogen and oxygen atoms in total. The largest absolute Gasteiger partial charge is 0.387 e. The summed E-state index contributed by atoms with van der Waals surface area (Å²) in [5.74, 6) is 0.198. The number of benzene rings is 1. The van der Waals surface area contributed by atoms with Crippen molar-refractivity contribution in [2.45, 2.75) is 26.3 Å². The highest BCUT2D eigenvalue weighted by atomic mass is 16.2. The lowest BCUT2D eigenvalue weighted by atomic mass is 9.95. The van der Waals surface area contributed by atoms with Crippen LogP contribution in [0.3, 0.4) is 0 Å². The summed E-state index contributed by atoms with van der Waals surface area (Å²) in [5, 5.41) is 9.73. The Kier molecular flexibility index (Phi) is 4.81. The van der Waals surface area contributed by atoms with E-state index < -0.39 is 0 Å². The second-order valence-electron chi connectivity index (χ2n) is 7.04. The Labute approximate surface area is 164 Å². The van der Waals surface area contributed by atoms with Crippen LogP contribution < -0.4 is 5.32 Å². The van der Waals surface area contributed by atoms with Crippen LogP contribution in [0.2, 0.25) is 0 Å². The predicted molar refractivity (Wildman–Crippen MR) is 108 cm³/mol. The summed E-state index contributed by atoms with van der Waals surface area (Å²) in [7, 11) is 1.74. The van der Waals surface area contributed by atoms with Crippen molar-refractivity contribution in [3.8, 4) is 0 Å². The Bertz CT molecular complexity index is 1050. The fraction of sp³-hybridized carbons (Fsp3) is 0.333. The van der Waals surface area contributed by atoms with Gasteiger partial charge in [-0.05, 0) is 31.7 Å². The maximum absolute atomic E-state index is 13.3. The van der Waals surface area contributed by atoms with Gasteiger partial charge in [-0.3, -0.25) is 9.78 Å². The van der Waals surface area contributed by atoms with E-state index in [2.05, 4.69) is 41.4 Å². The van der Waals surface area contributed by atoms with Crippen molar-refractivity contribution in [1.29, 1.82) is 0 Å². The first-order valence-corrected chi connectivity index (χ1v) is 9.53. The molecule has 0 saturated heterocycles. The van der Waals surface area contributed by atoms with Crippen LogP contribution >= 0.6 is 0 Å². The third-order valence-electron chi connectivity index (χ3n) is 5.24. The molecule has 4 rings (SSSR count). The smallest absolute Gasteiger partial charge is 0.292 e. The van der Waals surface area contributed by atoms with E-state index >= 15 is 0 Å². The van der Waals surface area contributed by atoms with Crippen molar-refractivity contribution in [1.82, 2.24) is 30.0 Å². The molecule has 1 atom stereocenters. The van der Waals surface area contributed by atoms with Gasteiger partial charge in [0.1, 0.15) is 12.4 Å². The lowest BCUT2D eigenvalue weighted by molar-refractivity contribution is 0.0664. The lowest BCUT2D eigenvalue weighted by Gasteiger charge is -2.38. The highest BCUT2D eigenvalue weighted by Gasteiger charge is 2.35. The number of carbonyl (C=O) groups excluding carboxylic acids is 1. The molecule has 3 aromatic rings. The number of aryl methyl sites for hydroxylation is 1. The van der Waals surface area contributed by atoms with Gasteiger partial charge in [0.15, 0.2) is 0 Å². The first kappa shape index (κ1) is 18.2. The number of hydrogen-bond donors (Lipinski definition) is 1. The van der Waals surface area contributed by atoms with Crippen molar-refractivity contribution >= 4 is 16.7 Å². The third kappa shape index (κ3) is 3.13. The van der Waals surface area contributed by atoms with Crippen molar-refractivity contribution in [3.63, 3.8) is 0 Å². The molecule has 0 fully saturated rings. The molecule has 1 aliphatic heterocycles. The van der Waals surface area contributed by atoms with Gasteiger partial charge in [0.25, 0.3) is 5.91 Å². The molecular weight excluding hydrogens is 352 g/mol. The molecule has 3 heterocycles. The molecule has 1 aromatic carbocycles. The molecule has 2 aromatic heterocycles. The van der Waals surface area contributed by atoms with E-state index in [1.165, 1.54) is 16.6 Å². The molecule has 0 radical (unpaired) electrons. The SMILES string of the molecule is CCNC1=C(C)CCN(C(=O)c2ncnn2C)[C@@H]1c1cc2ccccc2cn1. The van der Waals surface area contributed by atoms with E-state index in [0.717, 1.165) is 35.1 Å². The maximum atomic E-state index is 13.3. The average molecular weight is 376 g/mol. The first-order valence-electron chi connectivity index (χ1n) is 9.53. The minimum absolute atomic E-state index is 0.136. The molecule has 1 N–H and O–H groups in total. The molecule has 1 aliphatic rings. The van der Waals surface area contributed by atoms with Gasteiger partial charge in [0, 0.05) is 37.4 Å². The molecule has 1 amide bonds. The number of hydrogen-bond acceptors (Lipinski definition) is 5. The number of carbonyl (C=O) groups is 1. The van der Waals surface area contributed by atoms with E-state index in [9.17, 15) is 4.79 Å². The number of pyridine rings is 1. The number of amides is 1. The minimum Gasteiger partial charge on any atom is -0.387 e. The van der Waals surface area contributed by atoms with Gasteiger partial charge in [0.2, 0.25) is 5.82 Å². The zero-order valence-electron chi connectivity index (χ0n) is 16.4. The van der Waals surface area contributed by atoms with Crippen molar-refractivity contribution in [2.75, 3.05) is 13.1 Å². The summed E-state index contributed by atoms with van der Waals surface area (Å²) < 4.78 is 1.52. The topological polar surface area (TPSA) is 75.9 Å². The van der Waals surface area contributed by atoms with E-state index in [0.29, 0.717) is 12.4 Å². The van der Waals surface area contributed by atoms with E-state index in [4.69, 9.17) is 4.98 Å². The second kappa shape index (κ2) is 7.42.